The summed E-state index contributed by atoms with van der Waals surface area (Å²) in [5, 5.41) is 2.88. The van der Waals surface area contributed by atoms with Gasteiger partial charge >= 0.3 is 0 Å². The van der Waals surface area contributed by atoms with Gasteiger partial charge in [-0.15, -0.1) is 0 Å². The Balaban J connectivity index is 1.39. The number of sulfonamides is 1. The van der Waals surface area contributed by atoms with Crippen molar-refractivity contribution in [1.29, 1.82) is 0 Å². The largest absolute Gasteiger partial charge is 0.494 e. The molecule has 2 N–H and O–H groups in total. The van der Waals surface area contributed by atoms with Crippen LogP contribution in [-0.4, -0.2) is 33.3 Å². The molecule has 1 amide bonds. The van der Waals surface area contributed by atoms with Crippen molar-refractivity contribution in [1.82, 2.24) is 10.0 Å². The summed E-state index contributed by atoms with van der Waals surface area (Å²) in [6.07, 6.45) is 1.62. The van der Waals surface area contributed by atoms with Crippen LogP contribution in [0, 0.1) is 6.92 Å². The molecule has 0 spiro atoms. The average molecular weight is 495 g/mol. The van der Waals surface area contributed by atoms with Crippen LogP contribution in [-0.2, 0) is 16.6 Å². The van der Waals surface area contributed by atoms with Crippen LogP contribution in [0.25, 0.3) is 0 Å². The summed E-state index contributed by atoms with van der Waals surface area (Å²) in [4.78, 5) is 23.8. The normalized spacial score (nSPS) is 11.1. The third-order valence-electron chi connectivity index (χ3n) is 5.40. The number of aryl methyl sites for hydroxylation is 1. The second-order valence-corrected chi connectivity index (χ2v) is 9.99. The molecule has 0 bridgehead atoms. The van der Waals surface area contributed by atoms with E-state index in [1.165, 1.54) is 36.8 Å². The van der Waals surface area contributed by atoms with Crippen LogP contribution in [0.1, 0.15) is 51.6 Å². The van der Waals surface area contributed by atoms with Gasteiger partial charge in [-0.2, -0.15) is 0 Å². The fourth-order valence-corrected chi connectivity index (χ4v) is 4.28. The Labute approximate surface area is 206 Å². The molecule has 184 valence electrons. The maximum absolute atomic E-state index is 12.5. The number of carbonyl (C=O) groups is 2. The number of carbonyl (C=O) groups excluding carboxylic acids is 2. The van der Waals surface area contributed by atoms with Crippen molar-refractivity contribution in [2.24, 2.45) is 0 Å². The van der Waals surface area contributed by atoms with Gasteiger partial charge in [0.15, 0.2) is 5.78 Å². The number of ether oxygens (including phenoxy) is 1. The van der Waals surface area contributed by atoms with Crippen LogP contribution < -0.4 is 14.8 Å². The lowest BCUT2D eigenvalue weighted by atomic mass is 10.1. The molecule has 0 radical (unpaired) electrons. The Kier molecular flexibility index (Phi) is 9.17. The predicted molar refractivity (Wildman–Crippen MR) is 135 cm³/mol. The minimum atomic E-state index is -3.72. The van der Waals surface area contributed by atoms with E-state index in [-0.39, 0.29) is 23.1 Å². The lowest BCUT2D eigenvalue weighted by Crippen LogP contribution is -2.25. The predicted octanol–water partition coefficient (Wildman–Crippen LogP) is 4.27. The molecule has 0 saturated heterocycles. The van der Waals surface area contributed by atoms with Crippen LogP contribution >= 0.6 is 0 Å². The van der Waals surface area contributed by atoms with E-state index in [9.17, 15) is 18.0 Å². The number of Topliss-reactive ketones (excluding diaryl/α,β-unsaturated/α-hetero) is 1. The van der Waals surface area contributed by atoms with Gasteiger partial charge in [0.05, 0.1) is 11.5 Å². The van der Waals surface area contributed by atoms with Gasteiger partial charge in [0.1, 0.15) is 5.75 Å². The zero-order valence-electron chi connectivity index (χ0n) is 19.9. The average Bonchev–Trinajstić information content (AvgIpc) is 2.86. The standard InChI is InChI=1S/C27H30N2O5S/c1-20-5-13-25(14-6-20)34-18-4-3-17-28-27(31)24-9-7-22(8-10-24)19-29-35(32,33)26-15-11-23(12-16-26)21(2)30/h5-16,29H,3-4,17-19H2,1-2H3,(H,28,31). The number of unbranched alkanes of at least 4 members (excludes halogenated alkanes) is 1. The number of benzene rings is 3. The lowest BCUT2D eigenvalue weighted by Gasteiger charge is -2.09. The van der Waals surface area contributed by atoms with Crippen LogP contribution in [0.5, 0.6) is 5.75 Å². The molecule has 0 heterocycles. The molecule has 3 rings (SSSR count). The highest BCUT2D eigenvalue weighted by Gasteiger charge is 2.14. The first-order valence-corrected chi connectivity index (χ1v) is 12.9. The fourth-order valence-electron chi connectivity index (χ4n) is 3.26. The van der Waals surface area contributed by atoms with Crippen LogP contribution in [0.2, 0.25) is 0 Å². The summed E-state index contributed by atoms with van der Waals surface area (Å²) < 4.78 is 33.2. The highest BCUT2D eigenvalue weighted by atomic mass is 32.2. The van der Waals surface area contributed by atoms with E-state index < -0.39 is 10.0 Å². The maximum Gasteiger partial charge on any atom is 0.251 e. The summed E-state index contributed by atoms with van der Waals surface area (Å²) in [6.45, 7) is 4.67. The first kappa shape index (κ1) is 26.1. The molecule has 0 fully saturated rings. The Morgan fingerprint density at radius 2 is 1.46 bits per heavy atom. The van der Waals surface area contributed by atoms with Gasteiger partial charge in [-0.1, -0.05) is 42.0 Å². The molecule has 35 heavy (non-hydrogen) atoms. The Bertz CT molecular complexity index is 1240. The van der Waals surface area contributed by atoms with E-state index in [2.05, 4.69) is 10.0 Å². The van der Waals surface area contributed by atoms with Crippen molar-refractivity contribution in [2.45, 2.75) is 38.1 Å². The highest BCUT2D eigenvalue weighted by Crippen LogP contribution is 2.13. The van der Waals surface area contributed by atoms with Crippen molar-refractivity contribution in [3.63, 3.8) is 0 Å². The van der Waals surface area contributed by atoms with E-state index in [0.29, 0.717) is 24.3 Å². The molecule has 8 heteroatoms. The fraction of sp³-hybridized carbons (Fsp3) is 0.259. The van der Waals surface area contributed by atoms with E-state index in [4.69, 9.17) is 4.74 Å². The lowest BCUT2D eigenvalue weighted by molar-refractivity contribution is 0.0951. The smallest absolute Gasteiger partial charge is 0.251 e. The van der Waals surface area contributed by atoms with E-state index in [1.807, 2.05) is 31.2 Å². The summed E-state index contributed by atoms with van der Waals surface area (Å²) in [6, 6.07) is 20.4. The number of rotatable bonds is 12. The quantitative estimate of drug-likeness (QED) is 0.289. The maximum atomic E-state index is 12.5. The van der Waals surface area contributed by atoms with Gasteiger partial charge in [-0.3, -0.25) is 9.59 Å². The first-order chi connectivity index (χ1) is 16.7. The van der Waals surface area contributed by atoms with E-state index >= 15 is 0 Å². The first-order valence-electron chi connectivity index (χ1n) is 11.4. The van der Waals surface area contributed by atoms with Gasteiger partial charge in [0.25, 0.3) is 5.91 Å². The number of nitrogens with one attached hydrogen (secondary N) is 2. The van der Waals surface area contributed by atoms with Gasteiger partial charge in [-0.25, -0.2) is 13.1 Å². The monoisotopic (exact) mass is 494 g/mol. The molecule has 3 aromatic rings. The SMILES string of the molecule is CC(=O)c1ccc(S(=O)(=O)NCc2ccc(C(=O)NCCCCOc3ccc(C)cc3)cc2)cc1. The van der Waals surface area contributed by atoms with E-state index in [0.717, 1.165) is 24.2 Å². The molecule has 0 atom stereocenters. The third kappa shape index (κ3) is 8.05. The van der Waals surface area contributed by atoms with Crippen molar-refractivity contribution >= 4 is 21.7 Å². The van der Waals surface area contributed by atoms with Crippen molar-refractivity contribution in [2.75, 3.05) is 13.2 Å². The van der Waals surface area contributed by atoms with Crippen LogP contribution in [0.15, 0.2) is 77.7 Å². The molecule has 0 unspecified atom stereocenters. The molecule has 0 aliphatic heterocycles. The topological polar surface area (TPSA) is 102 Å². The van der Waals surface area contributed by atoms with Crippen molar-refractivity contribution < 1.29 is 22.7 Å². The minimum absolute atomic E-state index is 0.0830. The molecule has 0 saturated carbocycles. The molecular formula is C27H30N2O5S. The molecule has 0 aromatic heterocycles. The van der Waals surface area contributed by atoms with E-state index in [1.54, 1.807) is 24.3 Å². The number of hydrogen-bond acceptors (Lipinski definition) is 5. The molecule has 0 aliphatic rings. The summed E-state index contributed by atoms with van der Waals surface area (Å²) in [7, 11) is -3.72. The zero-order valence-corrected chi connectivity index (χ0v) is 20.7. The number of hydrogen-bond donors (Lipinski definition) is 2. The number of amides is 1. The third-order valence-corrected chi connectivity index (χ3v) is 6.82. The van der Waals surface area contributed by atoms with Crippen LogP contribution in [0.4, 0.5) is 0 Å². The van der Waals surface area contributed by atoms with Gasteiger partial charge in [0, 0.05) is 24.2 Å². The molecular weight excluding hydrogens is 464 g/mol. The second-order valence-electron chi connectivity index (χ2n) is 8.23. The summed E-state index contributed by atoms with van der Waals surface area (Å²) in [5.74, 6) is 0.535. The van der Waals surface area contributed by atoms with Crippen molar-refractivity contribution in [3.05, 3.63) is 95.1 Å². The molecule has 7 nitrogen and oxygen atoms in total. The minimum Gasteiger partial charge on any atom is -0.494 e. The zero-order chi connectivity index (χ0) is 25.3. The molecule has 0 aliphatic carbocycles. The van der Waals surface area contributed by atoms with Gasteiger partial charge < -0.3 is 10.1 Å². The second kappa shape index (κ2) is 12.3. The summed E-state index contributed by atoms with van der Waals surface area (Å²) in [5.41, 5.74) is 2.87. The Morgan fingerprint density at radius 1 is 0.829 bits per heavy atom. The van der Waals surface area contributed by atoms with Crippen LogP contribution in [0.3, 0.4) is 0 Å². The highest BCUT2D eigenvalue weighted by molar-refractivity contribution is 7.89. The van der Waals surface area contributed by atoms with Gasteiger partial charge in [0.2, 0.25) is 10.0 Å². The Morgan fingerprint density at radius 3 is 2.09 bits per heavy atom. The molecule has 3 aromatic carbocycles. The van der Waals surface area contributed by atoms with Crippen molar-refractivity contribution in [3.8, 4) is 5.75 Å². The van der Waals surface area contributed by atoms with Gasteiger partial charge in [-0.05, 0) is 68.7 Å². The summed E-state index contributed by atoms with van der Waals surface area (Å²) >= 11 is 0. The Hall–Kier alpha value is -3.49. The number of ketones is 1.